The van der Waals surface area contributed by atoms with Gasteiger partial charge in [0.05, 0.1) is 21.7 Å². The number of rotatable bonds is 3. The third kappa shape index (κ3) is 3.15. The van der Waals surface area contributed by atoms with Gasteiger partial charge >= 0.3 is 0 Å². The highest BCUT2D eigenvalue weighted by atomic mass is 79.9. The van der Waals surface area contributed by atoms with Gasteiger partial charge in [0.25, 0.3) is 11.6 Å². The van der Waals surface area contributed by atoms with Gasteiger partial charge in [0, 0.05) is 6.07 Å². The Hall–Kier alpha value is -1.80. The summed E-state index contributed by atoms with van der Waals surface area (Å²) in [6.07, 6.45) is 0.843. The highest BCUT2D eigenvalue weighted by Gasteiger charge is 2.14. The number of nitrogens with zero attached hydrogens (tertiary/aromatic N) is 3. The molecule has 1 aromatic carbocycles. The average molecular weight is 349 g/mol. The average Bonchev–Trinajstić information content (AvgIpc) is 2.36. The van der Waals surface area contributed by atoms with Gasteiger partial charge in [-0.1, -0.05) is 0 Å². The first kappa shape index (κ1) is 13.6. The van der Waals surface area contributed by atoms with E-state index in [2.05, 4.69) is 25.9 Å². The van der Waals surface area contributed by atoms with Crippen molar-refractivity contribution >= 4 is 33.2 Å². The predicted molar refractivity (Wildman–Crippen MR) is 67.9 cm³/mol. The molecule has 98 valence electrons. The third-order valence-electron chi connectivity index (χ3n) is 2.01. The maximum atomic E-state index is 13.4. The van der Waals surface area contributed by atoms with Crippen LogP contribution >= 0.6 is 27.5 Å². The molecule has 2 aromatic rings. The standard InChI is InChI=1S/C10H4BrClFN3O3/c11-6-2-1-5(16(17)18)3-8(6)19-9-7(13)4-14-10(12)15-9/h1-4H. The summed E-state index contributed by atoms with van der Waals surface area (Å²) in [4.78, 5) is 17.0. The summed E-state index contributed by atoms with van der Waals surface area (Å²) < 4.78 is 18.9. The van der Waals surface area contributed by atoms with E-state index >= 15 is 0 Å². The number of benzene rings is 1. The number of ether oxygens (including phenoxy) is 1. The van der Waals surface area contributed by atoms with Crippen LogP contribution < -0.4 is 4.74 Å². The summed E-state index contributed by atoms with van der Waals surface area (Å²) >= 11 is 8.65. The quantitative estimate of drug-likeness (QED) is 0.480. The second kappa shape index (κ2) is 5.45. The Labute approximate surface area is 119 Å². The molecule has 0 bridgehead atoms. The van der Waals surface area contributed by atoms with Gasteiger partial charge < -0.3 is 4.74 Å². The lowest BCUT2D eigenvalue weighted by molar-refractivity contribution is -0.384. The lowest BCUT2D eigenvalue weighted by Gasteiger charge is -2.07. The van der Waals surface area contributed by atoms with Crippen molar-refractivity contribution in [3.63, 3.8) is 0 Å². The summed E-state index contributed by atoms with van der Waals surface area (Å²) in [6.45, 7) is 0. The molecule has 0 spiro atoms. The minimum absolute atomic E-state index is 0.0443. The van der Waals surface area contributed by atoms with Crippen molar-refractivity contribution in [2.45, 2.75) is 0 Å². The van der Waals surface area contributed by atoms with Crippen LogP contribution in [-0.2, 0) is 0 Å². The van der Waals surface area contributed by atoms with E-state index in [-0.39, 0.29) is 16.7 Å². The second-order valence-corrected chi connectivity index (χ2v) is 4.46. The van der Waals surface area contributed by atoms with Gasteiger partial charge in [-0.3, -0.25) is 10.1 Å². The fourth-order valence-corrected chi connectivity index (χ4v) is 1.64. The fraction of sp³-hybridized carbons (Fsp3) is 0. The molecular weight excluding hydrogens is 344 g/mol. The van der Waals surface area contributed by atoms with Gasteiger partial charge in [-0.25, -0.2) is 4.98 Å². The van der Waals surface area contributed by atoms with E-state index in [1.807, 2.05) is 0 Å². The number of halogens is 3. The van der Waals surface area contributed by atoms with Crippen LogP contribution in [0.3, 0.4) is 0 Å². The maximum Gasteiger partial charge on any atom is 0.273 e. The third-order valence-corrected chi connectivity index (χ3v) is 2.85. The Kier molecular flexibility index (Phi) is 3.91. The first-order valence-corrected chi connectivity index (χ1v) is 5.94. The van der Waals surface area contributed by atoms with Gasteiger partial charge in [0.1, 0.15) is 0 Å². The Morgan fingerprint density at radius 2 is 2.21 bits per heavy atom. The minimum Gasteiger partial charge on any atom is -0.435 e. The van der Waals surface area contributed by atoms with E-state index in [0.29, 0.717) is 4.47 Å². The van der Waals surface area contributed by atoms with Crippen molar-refractivity contribution in [2.24, 2.45) is 0 Å². The first-order valence-electron chi connectivity index (χ1n) is 4.77. The van der Waals surface area contributed by atoms with Gasteiger partial charge in [-0.15, -0.1) is 0 Å². The normalized spacial score (nSPS) is 10.3. The number of nitro groups is 1. The molecule has 0 fully saturated rings. The maximum absolute atomic E-state index is 13.4. The fourth-order valence-electron chi connectivity index (χ4n) is 1.19. The van der Waals surface area contributed by atoms with Gasteiger partial charge in [0.15, 0.2) is 5.75 Å². The van der Waals surface area contributed by atoms with E-state index in [0.717, 1.165) is 12.3 Å². The lowest BCUT2D eigenvalue weighted by Crippen LogP contribution is -1.96. The number of hydrogen-bond donors (Lipinski definition) is 0. The molecule has 9 heteroatoms. The molecule has 0 atom stereocenters. The molecule has 0 aliphatic carbocycles. The van der Waals surface area contributed by atoms with E-state index < -0.39 is 16.6 Å². The SMILES string of the molecule is O=[N+]([O-])c1ccc(Br)c(Oc2nc(Cl)ncc2F)c1. The molecule has 19 heavy (non-hydrogen) atoms. The van der Waals surface area contributed by atoms with Crippen LogP contribution in [0.15, 0.2) is 28.9 Å². The molecule has 0 unspecified atom stereocenters. The lowest BCUT2D eigenvalue weighted by atomic mass is 10.3. The van der Waals surface area contributed by atoms with Crippen molar-refractivity contribution in [1.29, 1.82) is 0 Å². The molecule has 2 rings (SSSR count). The van der Waals surface area contributed by atoms with Crippen LogP contribution in [0.1, 0.15) is 0 Å². The van der Waals surface area contributed by atoms with Crippen molar-refractivity contribution in [2.75, 3.05) is 0 Å². The molecule has 1 heterocycles. The van der Waals surface area contributed by atoms with Crippen LogP contribution in [0.25, 0.3) is 0 Å². The number of aromatic nitrogens is 2. The molecule has 0 saturated heterocycles. The Balaban J connectivity index is 2.40. The topological polar surface area (TPSA) is 78.2 Å². The van der Waals surface area contributed by atoms with Crippen molar-refractivity contribution in [3.8, 4) is 11.6 Å². The number of hydrogen-bond acceptors (Lipinski definition) is 5. The van der Waals surface area contributed by atoms with E-state index in [1.165, 1.54) is 12.1 Å². The van der Waals surface area contributed by atoms with E-state index in [4.69, 9.17) is 16.3 Å². The highest BCUT2D eigenvalue weighted by molar-refractivity contribution is 9.10. The van der Waals surface area contributed by atoms with Gasteiger partial charge in [-0.2, -0.15) is 9.37 Å². The summed E-state index contributed by atoms with van der Waals surface area (Å²) in [7, 11) is 0. The Morgan fingerprint density at radius 3 is 2.89 bits per heavy atom. The summed E-state index contributed by atoms with van der Waals surface area (Å²) in [5, 5.41) is 10.5. The van der Waals surface area contributed by atoms with E-state index in [1.54, 1.807) is 0 Å². The van der Waals surface area contributed by atoms with Crippen molar-refractivity contribution in [1.82, 2.24) is 9.97 Å². The zero-order chi connectivity index (χ0) is 14.0. The molecular formula is C10H4BrClFN3O3. The molecule has 0 N–H and O–H groups in total. The van der Waals surface area contributed by atoms with Crippen LogP contribution in [-0.4, -0.2) is 14.9 Å². The molecule has 0 amide bonds. The van der Waals surface area contributed by atoms with Crippen LogP contribution in [0.4, 0.5) is 10.1 Å². The Bertz CT molecular complexity index is 656. The second-order valence-electron chi connectivity index (χ2n) is 3.27. The monoisotopic (exact) mass is 347 g/mol. The number of nitro benzene ring substituents is 1. The van der Waals surface area contributed by atoms with E-state index in [9.17, 15) is 14.5 Å². The molecule has 0 saturated carbocycles. The molecule has 0 aliphatic rings. The summed E-state index contributed by atoms with van der Waals surface area (Å²) in [6, 6.07) is 3.83. The summed E-state index contributed by atoms with van der Waals surface area (Å²) in [5.41, 5.74) is -0.196. The van der Waals surface area contributed by atoms with Crippen LogP contribution in [0, 0.1) is 15.9 Å². The number of non-ortho nitro benzene ring substituents is 1. The summed E-state index contributed by atoms with van der Waals surface area (Å²) in [5.74, 6) is -1.20. The van der Waals surface area contributed by atoms with Gasteiger partial charge in [0.2, 0.25) is 11.1 Å². The van der Waals surface area contributed by atoms with Crippen LogP contribution in [0.5, 0.6) is 11.6 Å². The zero-order valence-corrected chi connectivity index (χ0v) is 11.4. The smallest absolute Gasteiger partial charge is 0.273 e. The predicted octanol–water partition coefficient (Wildman–Crippen LogP) is 3.73. The van der Waals surface area contributed by atoms with Crippen LogP contribution in [0.2, 0.25) is 5.28 Å². The largest absolute Gasteiger partial charge is 0.435 e. The Morgan fingerprint density at radius 1 is 1.47 bits per heavy atom. The van der Waals surface area contributed by atoms with Crippen molar-refractivity contribution in [3.05, 3.63) is 50.1 Å². The molecule has 0 radical (unpaired) electrons. The zero-order valence-electron chi connectivity index (χ0n) is 9.01. The molecule has 6 nitrogen and oxygen atoms in total. The minimum atomic E-state index is -0.831. The first-order chi connectivity index (χ1) is 8.97. The van der Waals surface area contributed by atoms with Gasteiger partial charge in [-0.05, 0) is 33.6 Å². The van der Waals surface area contributed by atoms with Crippen molar-refractivity contribution < 1.29 is 14.1 Å². The highest BCUT2D eigenvalue weighted by Crippen LogP contribution is 2.33. The molecule has 0 aliphatic heterocycles. The molecule has 1 aromatic heterocycles.